The van der Waals surface area contributed by atoms with Crippen LogP contribution in [0.25, 0.3) is 0 Å². The van der Waals surface area contributed by atoms with Gasteiger partial charge in [0.1, 0.15) is 5.56 Å². The molecule has 0 saturated carbocycles. The number of benzene rings is 1. The molecule has 2 rings (SSSR count). The zero-order valence-electron chi connectivity index (χ0n) is 14.7. The zero-order chi connectivity index (χ0) is 19.4. The first-order valence-electron chi connectivity index (χ1n) is 8.21. The number of likely N-dealkylation sites (tertiary alicyclic amines) is 1. The predicted octanol–water partition coefficient (Wildman–Crippen LogP) is 1.30. The Morgan fingerprint density at radius 2 is 2.08 bits per heavy atom. The van der Waals surface area contributed by atoms with E-state index in [0.29, 0.717) is 24.9 Å². The SMILES string of the molecule is Cc1ccc([N+](=O)[O-])c(C(=O)N(C)CC(=O)N2CCCC(C(=O)O)C2)c1. The van der Waals surface area contributed by atoms with Crippen LogP contribution < -0.4 is 0 Å². The predicted molar refractivity (Wildman–Crippen MR) is 91.7 cm³/mol. The number of nitrogens with zero attached hydrogens (tertiary/aromatic N) is 3. The molecule has 1 heterocycles. The summed E-state index contributed by atoms with van der Waals surface area (Å²) in [5.74, 6) is -2.54. The van der Waals surface area contributed by atoms with Crippen molar-refractivity contribution in [3.63, 3.8) is 0 Å². The minimum atomic E-state index is -0.942. The Hall–Kier alpha value is -2.97. The minimum absolute atomic E-state index is 0.0765. The number of nitro groups is 1. The first kappa shape index (κ1) is 19.4. The highest BCUT2D eigenvalue weighted by Gasteiger charge is 2.30. The lowest BCUT2D eigenvalue weighted by Crippen LogP contribution is -2.47. The third-order valence-electron chi connectivity index (χ3n) is 4.42. The molecule has 1 unspecified atom stereocenters. The topological polar surface area (TPSA) is 121 Å². The molecule has 2 amide bonds. The van der Waals surface area contributed by atoms with Gasteiger partial charge in [-0.3, -0.25) is 24.5 Å². The van der Waals surface area contributed by atoms with Crippen LogP contribution in [-0.2, 0) is 9.59 Å². The molecule has 1 atom stereocenters. The van der Waals surface area contributed by atoms with E-state index in [1.807, 2.05) is 0 Å². The molecular weight excluding hydrogens is 342 g/mol. The molecule has 1 fully saturated rings. The molecular formula is C17H21N3O6. The highest BCUT2D eigenvalue weighted by molar-refractivity contribution is 5.99. The number of hydrogen-bond donors (Lipinski definition) is 1. The van der Waals surface area contributed by atoms with Crippen molar-refractivity contribution in [3.05, 3.63) is 39.4 Å². The number of amides is 2. The molecule has 1 N–H and O–H groups in total. The van der Waals surface area contributed by atoms with Gasteiger partial charge in [-0.2, -0.15) is 0 Å². The highest BCUT2D eigenvalue weighted by atomic mass is 16.6. The Kier molecular flexibility index (Phi) is 5.91. The van der Waals surface area contributed by atoms with Crippen LogP contribution in [0.15, 0.2) is 18.2 Å². The van der Waals surface area contributed by atoms with Crippen molar-refractivity contribution < 1.29 is 24.4 Å². The molecule has 1 aromatic carbocycles. The quantitative estimate of drug-likeness (QED) is 0.622. The molecule has 1 saturated heterocycles. The molecule has 140 valence electrons. The van der Waals surface area contributed by atoms with E-state index >= 15 is 0 Å². The number of aliphatic carboxylic acids is 1. The summed E-state index contributed by atoms with van der Waals surface area (Å²) in [5.41, 5.74) is 0.301. The fourth-order valence-electron chi connectivity index (χ4n) is 2.97. The van der Waals surface area contributed by atoms with Crippen LogP contribution in [0.2, 0.25) is 0 Å². The van der Waals surface area contributed by atoms with E-state index in [4.69, 9.17) is 5.11 Å². The first-order valence-corrected chi connectivity index (χ1v) is 8.21. The fraction of sp³-hybridized carbons (Fsp3) is 0.471. The lowest BCUT2D eigenvalue weighted by molar-refractivity contribution is -0.385. The van der Waals surface area contributed by atoms with E-state index in [1.54, 1.807) is 13.0 Å². The van der Waals surface area contributed by atoms with Gasteiger partial charge in [-0.05, 0) is 31.4 Å². The molecule has 9 heteroatoms. The molecule has 26 heavy (non-hydrogen) atoms. The molecule has 1 aromatic rings. The second kappa shape index (κ2) is 7.94. The number of carboxylic acid groups (broad SMARTS) is 1. The van der Waals surface area contributed by atoms with E-state index in [-0.39, 0.29) is 30.2 Å². The maximum atomic E-state index is 12.6. The number of hydrogen-bond acceptors (Lipinski definition) is 5. The number of likely N-dealkylation sites (N-methyl/N-ethyl adjacent to an activating group) is 1. The molecule has 0 radical (unpaired) electrons. The number of aryl methyl sites for hydroxylation is 1. The van der Waals surface area contributed by atoms with Gasteiger partial charge >= 0.3 is 5.97 Å². The molecule has 0 aromatic heterocycles. The average molecular weight is 363 g/mol. The van der Waals surface area contributed by atoms with Gasteiger partial charge in [-0.25, -0.2) is 0 Å². The summed E-state index contributed by atoms with van der Waals surface area (Å²) >= 11 is 0. The minimum Gasteiger partial charge on any atom is -0.481 e. The van der Waals surface area contributed by atoms with Crippen molar-refractivity contribution in [2.24, 2.45) is 5.92 Å². The summed E-state index contributed by atoms with van der Waals surface area (Å²) in [6, 6.07) is 4.23. The third-order valence-corrected chi connectivity index (χ3v) is 4.42. The van der Waals surface area contributed by atoms with E-state index in [2.05, 4.69) is 0 Å². The van der Waals surface area contributed by atoms with Crippen molar-refractivity contribution in [1.82, 2.24) is 9.80 Å². The van der Waals surface area contributed by atoms with E-state index < -0.39 is 22.7 Å². The molecule has 9 nitrogen and oxygen atoms in total. The van der Waals surface area contributed by atoms with Crippen LogP contribution in [0, 0.1) is 23.0 Å². The molecule has 0 spiro atoms. The summed E-state index contributed by atoms with van der Waals surface area (Å²) in [5, 5.41) is 20.2. The van der Waals surface area contributed by atoms with Crippen molar-refractivity contribution in [2.45, 2.75) is 19.8 Å². The molecule has 1 aliphatic heterocycles. The lowest BCUT2D eigenvalue weighted by atomic mass is 9.98. The van der Waals surface area contributed by atoms with Crippen LogP contribution in [-0.4, -0.2) is 64.3 Å². The van der Waals surface area contributed by atoms with Crippen LogP contribution >= 0.6 is 0 Å². The van der Waals surface area contributed by atoms with Gasteiger partial charge in [-0.1, -0.05) is 6.07 Å². The smallest absolute Gasteiger partial charge is 0.308 e. The third kappa shape index (κ3) is 4.35. The Balaban J connectivity index is 2.10. The lowest BCUT2D eigenvalue weighted by Gasteiger charge is -2.32. The van der Waals surface area contributed by atoms with E-state index in [0.717, 1.165) is 4.90 Å². The molecule has 1 aliphatic rings. The monoisotopic (exact) mass is 363 g/mol. The number of carbonyl (C=O) groups excluding carboxylic acids is 2. The number of piperidine rings is 1. The van der Waals surface area contributed by atoms with Crippen molar-refractivity contribution in [1.29, 1.82) is 0 Å². The van der Waals surface area contributed by atoms with Crippen molar-refractivity contribution >= 4 is 23.5 Å². The summed E-state index contributed by atoms with van der Waals surface area (Å²) < 4.78 is 0. The Bertz CT molecular complexity index is 748. The van der Waals surface area contributed by atoms with E-state index in [9.17, 15) is 24.5 Å². The van der Waals surface area contributed by atoms with Crippen molar-refractivity contribution in [2.75, 3.05) is 26.7 Å². The number of carbonyl (C=O) groups is 3. The average Bonchev–Trinajstić information content (AvgIpc) is 2.60. The van der Waals surface area contributed by atoms with Crippen LogP contribution in [0.3, 0.4) is 0 Å². The Morgan fingerprint density at radius 1 is 1.38 bits per heavy atom. The molecule has 0 bridgehead atoms. The summed E-state index contributed by atoms with van der Waals surface area (Å²) in [6.07, 6.45) is 1.10. The second-order valence-electron chi connectivity index (χ2n) is 6.46. The normalized spacial score (nSPS) is 16.8. The summed E-state index contributed by atoms with van der Waals surface area (Å²) in [4.78, 5) is 49.1. The van der Waals surface area contributed by atoms with Crippen LogP contribution in [0.1, 0.15) is 28.8 Å². The van der Waals surface area contributed by atoms with Gasteiger partial charge in [0, 0.05) is 26.2 Å². The maximum absolute atomic E-state index is 12.6. The van der Waals surface area contributed by atoms with Crippen molar-refractivity contribution in [3.8, 4) is 0 Å². The van der Waals surface area contributed by atoms with Gasteiger partial charge in [0.25, 0.3) is 11.6 Å². The number of rotatable bonds is 5. The Morgan fingerprint density at radius 3 is 2.69 bits per heavy atom. The number of nitro benzene ring substituents is 1. The second-order valence-corrected chi connectivity index (χ2v) is 6.46. The molecule has 0 aliphatic carbocycles. The highest BCUT2D eigenvalue weighted by Crippen LogP contribution is 2.22. The van der Waals surface area contributed by atoms with Gasteiger partial charge in [-0.15, -0.1) is 0 Å². The fourth-order valence-corrected chi connectivity index (χ4v) is 2.97. The maximum Gasteiger partial charge on any atom is 0.308 e. The first-order chi connectivity index (χ1) is 12.2. The van der Waals surface area contributed by atoms with Crippen LogP contribution in [0.5, 0.6) is 0 Å². The van der Waals surface area contributed by atoms with Gasteiger partial charge in [0.15, 0.2) is 0 Å². The summed E-state index contributed by atoms with van der Waals surface area (Å²) in [6.45, 7) is 2.00. The van der Waals surface area contributed by atoms with Gasteiger partial charge < -0.3 is 14.9 Å². The number of carboxylic acids is 1. The standard InChI is InChI=1S/C17H21N3O6/c1-11-5-6-14(20(25)26)13(8-11)16(22)18(2)10-15(21)19-7-3-4-12(9-19)17(23)24/h5-6,8,12H,3-4,7,9-10H2,1-2H3,(H,23,24). The van der Waals surface area contributed by atoms with Gasteiger partial charge in [0.05, 0.1) is 17.4 Å². The Labute approximate surface area is 150 Å². The largest absolute Gasteiger partial charge is 0.481 e. The van der Waals surface area contributed by atoms with Gasteiger partial charge in [0.2, 0.25) is 5.91 Å². The zero-order valence-corrected chi connectivity index (χ0v) is 14.7. The van der Waals surface area contributed by atoms with E-state index in [1.165, 1.54) is 24.1 Å². The summed E-state index contributed by atoms with van der Waals surface area (Å²) in [7, 11) is 1.39. The van der Waals surface area contributed by atoms with Crippen LogP contribution in [0.4, 0.5) is 5.69 Å².